The summed E-state index contributed by atoms with van der Waals surface area (Å²) in [4.78, 5) is 22.1. The number of anilines is 1. The first-order valence-corrected chi connectivity index (χ1v) is 15.8. The summed E-state index contributed by atoms with van der Waals surface area (Å²) >= 11 is 0. The maximum Gasteiger partial charge on any atom is 0.233 e. The Bertz CT molecular complexity index is 1340. The van der Waals surface area contributed by atoms with E-state index >= 15 is 0 Å². The van der Waals surface area contributed by atoms with Gasteiger partial charge in [0.15, 0.2) is 15.7 Å². The quantitative estimate of drug-likeness (QED) is 0.501. The van der Waals surface area contributed by atoms with E-state index in [0.29, 0.717) is 42.7 Å². The zero-order valence-electron chi connectivity index (χ0n) is 20.0. The van der Waals surface area contributed by atoms with Gasteiger partial charge in [-0.2, -0.15) is 0 Å². The number of carbonyl (C=O) groups is 1. The van der Waals surface area contributed by atoms with Gasteiger partial charge in [-0.15, -0.1) is 0 Å². The lowest BCUT2D eigenvalue weighted by molar-refractivity contribution is -0.118. The number of carbonyl (C=O) groups excluding carboxylic acids is 1. The molecular weight excluding hydrogens is 502 g/mol. The van der Waals surface area contributed by atoms with Crippen LogP contribution in [0, 0.1) is 5.92 Å². The summed E-state index contributed by atoms with van der Waals surface area (Å²) in [7, 11) is -6.40. The molecule has 3 aliphatic rings. The number of sulfone groups is 2. The van der Waals surface area contributed by atoms with Crippen molar-refractivity contribution in [3.8, 4) is 0 Å². The third-order valence-electron chi connectivity index (χ3n) is 7.40. The largest absolute Gasteiger partial charge is 0.390 e. The predicted molar refractivity (Wildman–Crippen MR) is 134 cm³/mol. The molecule has 0 radical (unpaired) electrons. The van der Waals surface area contributed by atoms with E-state index < -0.39 is 25.6 Å². The van der Waals surface area contributed by atoms with E-state index in [1.807, 2.05) is 6.07 Å². The molecule has 2 aromatic rings. The normalized spacial score (nSPS) is 21.1. The van der Waals surface area contributed by atoms with Gasteiger partial charge in [0, 0.05) is 0 Å². The average molecular weight is 534 g/mol. The van der Waals surface area contributed by atoms with Crippen LogP contribution in [0.25, 0.3) is 0 Å². The molecule has 2 saturated carbocycles. The Morgan fingerprint density at radius 2 is 1.78 bits per heavy atom. The van der Waals surface area contributed by atoms with E-state index in [0.717, 1.165) is 24.0 Å². The molecule has 194 valence electrons. The van der Waals surface area contributed by atoms with Gasteiger partial charge in [-0.05, 0) is 74.0 Å². The van der Waals surface area contributed by atoms with Gasteiger partial charge >= 0.3 is 0 Å². The molecule has 1 unspecified atom stereocenters. The highest BCUT2D eigenvalue weighted by atomic mass is 32.2. The van der Waals surface area contributed by atoms with E-state index in [9.17, 15) is 26.7 Å². The second kappa shape index (κ2) is 9.83. The lowest BCUT2D eigenvalue weighted by Crippen LogP contribution is -2.28. The fourth-order valence-electron chi connectivity index (χ4n) is 4.93. The average Bonchev–Trinajstić information content (AvgIpc) is 3.76. The molecular formula is C25H31N3O6S2. The number of benzene rings is 1. The second-order valence-electron chi connectivity index (χ2n) is 10.2. The zero-order chi connectivity index (χ0) is 25.5. The molecule has 0 spiro atoms. The van der Waals surface area contributed by atoms with Crippen LogP contribution < -0.4 is 5.32 Å². The molecule has 1 aromatic heterocycles. The number of aliphatic hydroxyl groups is 1. The highest BCUT2D eigenvalue weighted by Gasteiger charge is 2.41. The van der Waals surface area contributed by atoms with Crippen LogP contribution in [-0.2, 0) is 31.1 Å². The Morgan fingerprint density at radius 3 is 2.36 bits per heavy atom. The van der Waals surface area contributed by atoms with Gasteiger partial charge in [0.2, 0.25) is 5.91 Å². The molecule has 2 heterocycles. The summed E-state index contributed by atoms with van der Waals surface area (Å²) in [5.41, 5.74) is 1.92. The van der Waals surface area contributed by atoms with E-state index in [2.05, 4.69) is 15.3 Å². The summed E-state index contributed by atoms with van der Waals surface area (Å²) in [5.74, 6) is -0.152. The molecule has 1 aliphatic heterocycles. The Hall–Kier alpha value is -2.37. The Balaban J connectivity index is 1.45. The first kappa shape index (κ1) is 25.3. The van der Waals surface area contributed by atoms with Crippen molar-refractivity contribution in [2.24, 2.45) is 5.92 Å². The molecule has 11 heteroatoms. The SMILES string of the molecule is O=C(Nc1cnc(CO)cn1)C(CC1CCS(=O)(=O)CC1)c1ccc(S(=O)(=O)C2CC2)c(C2CC2)c1. The van der Waals surface area contributed by atoms with Crippen LogP contribution in [0.15, 0.2) is 35.5 Å². The van der Waals surface area contributed by atoms with Crippen molar-refractivity contribution in [3.05, 3.63) is 47.4 Å². The van der Waals surface area contributed by atoms with Crippen LogP contribution in [0.1, 0.15) is 73.6 Å². The number of aliphatic hydroxyl groups excluding tert-OH is 1. The molecule has 9 nitrogen and oxygen atoms in total. The van der Waals surface area contributed by atoms with E-state index in [1.165, 1.54) is 12.4 Å². The van der Waals surface area contributed by atoms with E-state index in [-0.39, 0.29) is 46.9 Å². The summed E-state index contributed by atoms with van der Waals surface area (Å²) in [6.07, 6.45) is 7.49. The van der Waals surface area contributed by atoms with Gasteiger partial charge in [0.05, 0.1) is 52.3 Å². The van der Waals surface area contributed by atoms with Crippen molar-refractivity contribution < 1.29 is 26.7 Å². The van der Waals surface area contributed by atoms with Crippen molar-refractivity contribution in [2.75, 3.05) is 16.8 Å². The van der Waals surface area contributed by atoms with Gasteiger partial charge in [0.25, 0.3) is 0 Å². The van der Waals surface area contributed by atoms with Crippen molar-refractivity contribution in [1.29, 1.82) is 0 Å². The molecule has 3 fully saturated rings. The summed E-state index contributed by atoms with van der Waals surface area (Å²) in [6.45, 7) is -0.255. The minimum atomic E-state index is -3.37. The van der Waals surface area contributed by atoms with Crippen molar-refractivity contribution in [3.63, 3.8) is 0 Å². The monoisotopic (exact) mass is 533 g/mol. The molecule has 36 heavy (non-hydrogen) atoms. The molecule has 2 aliphatic carbocycles. The van der Waals surface area contributed by atoms with Gasteiger partial charge in [-0.1, -0.05) is 12.1 Å². The summed E-state index contributed by atoms with van der Waals surface area (Å²) in [5, 5.41) is 11.7. The van der Waals surface area contributed by atoms with Crippen LogP contribution in [-0.4, -0.2) is 54.6 Å². The molecule has 1 saturated heterocycles. The van der Waals surface area contributed by atoms with Crippen LogP contribution in [0.5, 0.6) is 0 Å². The zero-order valence-corrected chi connectivity index (χ0v) is 21.6. The van der Waals surface area contributed by atoms with Crippen molar-refractivity contribution in [2.45, 2.75) is 73.5 Å². The minimum Gasteiger partial charge on any atom is -0.390 e. The second-order valence-corrected chi connectivity index (χ2v) is 14.7. The lowest BCUT2D eigenvalue weighted by Gasteiger charge is -2.27. The van der Waals surface area contributed by atoms with Crippen LogP contribution in [0.3, 0.4) is 0 Å². The third-order valence-corrected chi connectivity index (χ3v) is 11.5. The number of hydrogen-bond acceptors (Lipinski definition) is 8. The van der Waals surface area contributed by atoms with Gasteiger partial charge in [-0.25, -0.2) is 21.8 Å². The lowest BCUT2D eigenvalue weighted by atomic mass is 9.84. The molecule has 1 aromatic carbocycles. The number of aromatic nitrogens is 2. The fraction of sp³-hybridized carbons (Fsp3) is 0.560. The first-order valence-electron chi connectivity index (χ1n) is 12.5. The van der Waals surface area contributed by atoms with Crippen LogP contribution in [0.2, 0.25) is 0 Å². The first-order chi connectivity index (χ1) is 17.2. The molecule has 1 amide bonds. The Labute approximate surface area is 211 Å². The van der Waals surface area contributed by atoms with Crippen LogP contribution >= 0.6 is 0 Å². The maximum absolute atomic E-state index is 13.5. The summed E-state index contributed by atoms with van der Waals surface area (Å²) in [6, 6.07) is 5.29. The summed E-state index contributed by atoms with van der Waals surface area (Å²) < 4.78 is 50.0. The predicted octanol–water partition coefficient (Wildman–Crippen LogP) is 2.72. The number of amides is 1. The maximum atomic E-state index is 13.5. The number of hydrogen-bond donors (Lipinski definition) is 2. The molecule has 1 atom stereocenters. The molecule has 5 rings (SSSR count). The Kier molecular flexibility index (Phi) is 6.90. The van der Waals surface area contributed by atoms with Crippen molar-refractivity contribution in [1.82, 2.24) is 9.97 Å². The topological polar surface area (TPSA) is 143 Å². The highest BCUT2D eigenvalue weighted by Crippen LogP contribution is 2.46. The fourth-order valence-corrected chi connectivity index (χ4v) is 8.45. The number of nitrogens with one attached hydrogen (secondary N) is 1. The third kappa shape index (κ3) is 5.63. The number of nitrogens with zero attached hydrogens (tertiary/aromatic N) is 2. The van der Waals surface area contributed by atoms with E-state index in [1.54, 1.807) is 12.1 Å². The minimum absolute atomic E-state index is 0.0615. The smallest absolute Gasteiger partial charge is 0.233 e. The standard InChI is InChI=1S/C25H31N3O6S2/c29-15-19-13-27-24(14-26-19)28-25(30)22(11-16-7-9-35(31,32)10-8-16)18-3-6-23(21(12-18)17-1-2-17)36(33,34)20-4-5-20/h3,6,12-14,16-17,20,22,29H,1-2,4-5,7-11,15H2,(H,27,28,30). The Morgan fingerprint density at radius 1 is 1.06 bits per heavy atom. The highest BCUT2D eigenvalue weighted by molar-refractivity contribution is 7.92. The van der Waals surface area contributed by atoms with Crippen molar-refractivity contribution >= 4 is 31.4 Å². The van der Waals surface area contributed by atoms with Gasteiger partial charge < -0.3 is 10.4 Å². The van der Waals surface area contributed by atoms with Gasteiger partial charge in [0.1, 0.15) is 9.84 Å². The number of rotatable bonds is 9. The van der Waals surface area contributed by atoms with Gasteiger partial charge in [-0.3, -0.25) is 9.78 Å². The van der Waals surface area contributed by atoms with Crippen LogP contribution in [0.4, 0.5) is 5.82 Å². The molecule has 2 N–H and O–H groups in total. The van der Waals surface area contributed by atoms with E-state index in [4.69, 9.17) is 0 Å². The molecule has 0 bridgehead atoms.